The number of hydrogen-bond donors (Lipinski definition) is 1. The summed E-state index contributed by atoms with van der Waals surface area (Å²) in [7, 11) is 0. The maximum Gasteiger partial charge on any atom is 0.150 e. The smallest absolute Gasteiger partial charge is 0.150 e. The molecule has 3 heteroatoms. The molecule has 1 aromatic heterocycles. The Hall–Kier alpha value is -1.38. The molecule has 1 nitrogen and oxygen atoms in total. The zero-order valence-corrected chi connectivity index (χ0v) is 8.19. The molecule has 0 amide bonds. The van der Waals surface area contributed by atoms with Gasteiger partial charge in [0.2, 0.25) is 0 Å². The molecule has 0 bridgehead atoms. The highest BCUT2D eigenvalue weighted by Gasteiger charge is 2.23. The second-order valence-corrected chi connectivity index (χ2v) is 4.18. The molecule has 1 aliphatic rings. The Labute approximate surface area is 86.1 Å². The van der Waals surface area contributed by atoms with Crippen LogP contribution in [-0.4, -0.2) is 4.98 Å². The highest BCUT2D eigenvalue weighted by atomic mass is 19.1. The Kier molecular flexibility index (Phi) is 1.81. The van der Waals surface area contributed by atoms with Gasteiger partial charge in [-0.25, -0.2) is 8.78 Å². The van der Waals surface area contributed by atoms with E-state index in [1.807, 2.05) is 6.20 Å². The van der Waals surface area contributed by atoms with Gasteiger partial charge in [-0.15, -0.1) is 0 Å². The SMILES string of the molecule is Fc1cc(F)c2[nH]cc(C3CCC3)c2c1. The molecule has 3 rings (SSSR count). The van der Waals surface area contributed by atoms with Gasteiger partial charge in [0.05, 0.1) is 5.52 Å². The van der Waals surface area contributed by atoms with Gasteiger partial charge in [-0.2, -0.15) is 0 Å². The van der Waals surface area contributed by atoms with Crippen LogP contribution in [0.25, 0.3) is 10.9 Å². The quantitative estimate of drug-likeness (QED) is 0.733. The van der Waals surface area contributed by atoms with E-state index in [9.17, 15) is 8.78 Å². The lowest BCUT2D eigenvalue weighted by molar-refractivity contribution is 0.422. The lowest BCUT2D eigenvalue weighted by Crippen LogP contribution is -2.07. The van der Waals surface area contributed by atoms with Crippen LogP contribution in [-0.2, 0) is 0 Å². The molecule has 78 valence electrons. The number of benzene rings is 1. The zero-order valence-electron chi connectivity index (χ0n) is 8.19. The summed E-state index contributed by atoms with van der Waals surface area (Å²) in [4.78, 5) is 2.89. The van der Waals surface area contributed by atoms with Crippen molar-refractivity contribution in [2.75, 3.05) is 0 Å². The van der Waals surface area contributed by atoms with E-state index in [4.69, 9.17) is 0 Å². The van der Waals surface area contributed by atoms with E-state index in [0.29, 0.717) is 16.8 Å². The van der Waals surface area contributed by atoms with Crippen LogP contribution in [0.5, 0.6) is 0 Å². The number of halogens is 2. The van der Waals surface area contributed by atoms with Gasteiger partial charge < -0.3 is 4.98 Å². The molecule has 1 N–H and O–H groups in total. The third-order valence-corrected chi connectivity index (χ3v) is 3.28. The fraction of sp³-hybridized carbons (Fsp3) is 0.333. The minimum Gasteiger partial charge on any atom is -0.359 e. The number of nitrogens with one attached hydrogen (secondary N) is 1. The van der Waals surface area contributed by atoms with E-state index in [1.54, 1.807) is 0 Å². The first-order valence-corrected chi connectivity index (χ1v) is 5.22. The molecule has 1 saturated carbocycles. The fourth-order valence-electron chi connectivity index (χ4n) is 2.23. The second kappa shape index (κ2) is 3.05. The van der Waals surface area contributed by atoms with E-state index in [2.05, 4.69) is 4.98 Å². The lowest BCUT2D eigenvalue weighted by atomic mass is 9.80. The highest BCUT2D eigenvalue weighted by molar-refractivity contribution is 5.84. The third kappa shape index (κ3) is 1.26. The van der Waals surface area contributed by atoms with Gasteiger partial charge in [0.25, 0.3) is 0 Å². The Balaban J connectivity index is 2.23. The largest absolute Gasteiger partial charge is 0.359 e. The first-order chi connectivity index (χ1) is 7.25. The third-order valence-electron chi connectivity index (χ3n) is 3.28. The summed E-state index contributed by atoms with van der Waals surface area (Å²) >= 11 is 0. The van der Waals surface area contributed by atoms with Crippen molar-refractivity contribution in [2.45, 2.75) is 25.2 Å². The summed E-state index contributed by atoms with van der Waals surface area (Å²) in [5.74, 6) is -0.518. The van der Waals surface area contributed by atoms with Crippen LogP contribution in [0.1, 0.15) is 30.7 Å². The summed E-state index contributed by atoms with van der Waals surface area (Å²) in [6.07, 6.45) is 5.29. The molecule has 1 heterocycles. The maximum absolute atomic E-state index is 13.4. The van der Waals surface area contributed by atoms with Crippen molar-refractivity contribution < 1.29 is 8.78 Å². The number of hydrogen-bond acceptors (Lipinski definition) is 0. The van der Waals surface area contributed by atoms with E-state index < -0.39 is 11.6 Å². The summed E-state index contributed by atoms with van der Waals surface area (Å²) < 4.78 is 26.5. The maximum atomic E-state index is 13.4. The standard InChI is InChI=1S/C12H11F2N/c13-8-4-9-10(7-2-1-3-7)6-15-12(9)11(14)5-8/h4-7,15H,1-3H2. The summed E-state index contributed by atoms with van der Waals surface area (Å²) in [6, 6.07) is 2.34. The molecule has 0 radical (unpaired) electrons. The summed E-state index contributed by atoms with van der Waals surface area (Å²) in [6.45, 7) is 0. The van der Waals surface area contributed by atoms with Crippen LogP contribution >= 0.6 is 0 Å². The van der Waals surface area contributed by atoms with Crippen LogP contribution in [0.4, 0.5) is 8.78 Å². The molecular weight excluding hydrogens is 196 g/mol. The van der Waals surface area contributed by atoms with E-state index in [1.165, 1.54) is 12.5 Å². The molecule has 1 fully saturated rings. The molecule has 2 aromatic rings. The second-order valence-electron chi connectivity index (χ2n) is 4.18. The molecule has 1 aromatic carbocycles. The number of rotatable bonds is 1. The molecule has 0 unspecified atom stereocenters. The monoisotopic (exact) mass is 207 g/mol. The Morgan fingerprint density at radius 1 is 1.20 bits per heavy atom. The van der Waals surface area contributed by atoms with Crippen molar-refractivity contribution in [3.63, 3.8) is 0 Å². The van der Waals surface area contributed by atoms with E-state index in [0.717, 1.165) is 24.5 Å². The Morgan fingerprint density at radius 2 is 2.00 bits per heavy atom. The normalized spacial score (nSPS) is 16.9. The van der Waals surface area contributed by atoms with Gasteiger partial charge in [0.15, 0.2) is 0 Å². The minimum atomic E-state index is -0.504. The Bertz CT molecular complexity index is 512. The van der Waals surface area contributed by atoms with Gasteiger partial charge in [0, 0.05) is 17.6 Å². The summed E-state index contributed by atoms with van der Waals surface area (Å²) in [5, 5.41) is 0.706. The van der Waals surface area contributed by atoms with Crippen molar-refractivity contribution >= 4 is 10.9 Å². The van der Waals surface area contributed by atoms with Crippen molar-refractivity contribution in [1.82, 2.24) is 4.98 Å². The molecule has 0 saturated heterocycles. The molecule has 1 aliphatic carbocycles. The zero-order chi connectivity index (χ0) is 10.4. The van der Waals surface area contributed by atoms with Crippen LogP contribution in [0, 0.1) is 11.6 Å². The number of H-pyrrole nitrogens is 1. The van der Waals surface area contributed by atoms with Gasteiger partial charge in [-0.3, -0.25) is 0 Å². The number of fused-ring (bicyclic) bond motifs is 1. The summed E-state index contributed by atoms with van der Waals surface area (Å²) in [5.41, 5.74) is 1.49. The average molecular weight is 207 g/mol. The van der Waals surface area contributed by atoms with E-state index in [-0.39, 0.29) is 0 Å². The van der Waals surface area contributed by atoms with Gasteiger partial charge >= 0.3 is 0 Å². The molecule has 0 atom stereocenters. The van der Waals surface area contributed by atoms with Crippen molar-refractivity contribution in [3.8, 4) is 0 Å². The highest BCUT2D eigenvalue weighted by Crippen LogP contribution is 2.40. The van der Waals surface area contributed by atoms with Crippen LogP contribution in [0.2, 0.25) is 0 Å². The number of aromatic amines is 1. The predicted octanol–water partition coefficient (Wildman–Crippen LogP) is 3.71. The fourth-order valence-corrected chi connectivity index (χ4v) is 2.23. The topological polar surface area (TPSA) is 15.8 Å². The molecular formula is C12H11F2N. The molecule has 15 heavy (non-hydrogen) atoms. The first kappa shape index (κ1) is 8.89. The van der Waals surface area contributed by atoms with Gasteiger partial charge in [-0.05, 0) is 30.4 Å². The van der Waals surface area contributed by atoms with Crippen LogP contribution in [0.15, 0.2) is 18.3 Å². The molecule has 0 aliphatic heterocycles. The predicted molar refractivity (Wildman–Crippen MR) is 54.8 cm³/mol. The lowest BCUT2D eigenvalue weighted by Gasteiger charge is -2.24. The van der Waals surface area contributed by atoms with Crippen LogP contribution in [0.3, 0.4) is 0 Å². The first-order valence-electron chi connectivity index (χ1n) is 5.22. The van der Waals surface area contributed by atoms with Crippen molar-refractivity contribution in [1.29, 1.82) is 0 Å². The average Bonchev–Trinajstić information content (AvgIpc) is 2.46. The number of aromatic nitrogens is 1. The minimum absolute atomic E-state index is 0.429. The van der Waals surface area contributed by atoms with E-state index >= 15 is 0 Å². The van der Waals surface area contributed by atoms with Gasteiger partial charge in [-0.1, -0.05) is 6.42 Å². The Morgan fingerprint density at radius 3 is 2.67 bits per heavy atom. The van der Waals surface area contributed by atoms with Crippen LogP contribution < -0.4 is 0 Å². The van der Waals surface area contributed by atoms with Crippen molar-refractivity contribution in [2.24, 2.45) is 0 Å². The molecule has 0 spiro atoms. The van der Waals surface area contributed by atoms with Gasteiger partial charge in [0.1, 0.15) is 11.6 Å². The van der Waals surface area contributed by atoms with Crippen molar-refractivity contribution in [3.05, 3.63) is 35.5 Å².